The average molecular weight is 654 g/mol. The number of nitrogens with zero attached hydrogens (tertiary/aromatic N) is 4. The fraction of sp³-hybridized carbons (Fsp3) is 0.583. The third-order valence-electron chi connectivity index (χ3n) is 11.0. The number of nitrogens with one attached hydrogen (secondary N) is 1. The number of alkyl halides is 3. The Morgan fingerprint density at radius 3 is 2.11 bits per heavy atom. The van der Waals surface area contributed by atoms with Crippen molar-refractivity contribution < 1.29 is 27.6 Å². The molecule has 2 aromatic rings. The standard InChI is InChI=1S/C36H46F3N5O3/c1-41-16-10-25(11-17-41)26-12-18-43(19-13-26)34(46)29(22-27-6-2-4-8-31(27)36(37,38)39)23-33(45)42-20-14-30(15-21-42)44-24-28-7-3-5-9-32(28)40-35(44)47/h2-9,25-26,29-30H,10-24H2,1H3,(H,40,47). The summed E-state index contributed by atoms with van der Waals surface area (Å²) in [6.07, 6.45) is 0.470. The molecule has 0 saturated carbocycles. The molecule has 6 rings (SSSR count). The second kappa shape index (κ2) is 14.3. The number of likely N-dealkylation sites (tertiary alicyclic amines) is 3. The number of hydrogen-bond acceptors (Lipinski definition) is 4. The van der Waals surface area contributed by atoms with E-state index in [1.807, 2.05) is 29.2 Å². The molecule has 11 heteroatoms. The molecule has 0 bridgehead atoms. The Morgan fingerprint density at radius 1 is 0.830 bits per heavy atom. The van der Waals surface area contributed by atoms with Crippen molar-refractivity contribution in [2.45, 2.75) is 70.1 Å². The van der Waals surface area contributed by atoms with Crippen molar-refractivity contribution >= 4 is 23.5 Å². The number of carbonyl (C=O) groups is 3. The van der Waals surface area contributed by atoms with E-state index in [4.69, 9.17) is 0 Å². The smallest absolute Gasteiger partial charge is 0.343 e. The lowest BCUT2D eigenvalue weighted by Gasteiger charge is -2.41. The molecule has 4 aliphatic heterocycles. The lowest BCUT2D eigenvalue weighted by molar-refractivity contribution is -0.144. The average Bonchev–Trinajstić information content (AvgIpc) is 3.07. The van der Waals surface area contributed by atoms with E-state index < -0.39 is 17.7 Å². The summed E-state index contributed by atoms with van der Waals surface area (Å²) >= 11 is 0. The van der Waals surface area contributed by atoms with Gasteiger partial charge in [-0.05, 0) is 100 Å². The molecule has 1 N–H and O–H groups in total. The van der Waals surface area contributed by atoms with Crippen LogP contribution in [0.15, 0.2) is 48.5 Å². The van der Waals surface area contributed by atoms with Gasteiger partial charge < -0.3 is 24.9 Å². The van der Waals surface area contributed by atoms with Gasteiger partial charge in [-0.3, -0.25) is 9.59 Å². The van der Waals surface area contributed by atoms with Crippen LogP contribution in [0.2, 0.25) is 0 Å². The zero-order chi connectivity index (χ0) is 33.1. The van der Waals surface area contributed by atoms with Crippen molar-refractivity contribution in [2.75, 3.05) is 51.6 Å². The van der Waals surface area contributed by atoms with Gasteiger partial charge in [0, 0.05) is 50.9 Å². The Hall–Kier alpha value is -3.60. The molecule has 2 aromatic carbocycles. The predicted octanol–water partition coefficient (Wildman–Crippen LogP) is 5.87. The first-order valence-electron chi connectivity index (χ1n) is 17.1. The van der Waals surface area contributed by atoms with Crippen LogP contribution in [0.4, 0.5) is 23.7 Å². The second-order valence-electron chi connectivity index (χ2n) is 13.9. The van der Waals surface area contributed by atoms with Gasteiger partial charge in [-0.25, -0.2) is 4.79 Å². The summed E-state index contributed by atoms with van der Waals surface area (Å²) in [4.78, 5) is 48.2. The molecule has 0 aliphatic carbocycles. The summed E-state index contributed by atoms with van der Waals surface area (Å²) in [6, 6.07) is 12.9. The molecule has 4 amide bonds. The van der Waals surface area contributed by atoms with Crippen LogP contribution in [-0.2, 0) is 28.7 Å². The van der Waals surface area contributed by atoms with E-state index in [1.165, 1.54) is 12.1 Å². The normalized spacial score (nSPS) is 21.4. The number of halogens is 3. The molecule has 1 unspecified atom stereocenters. The van der Waals surface area contributed by atoms with Gasteiger partial charge in [0.25, 0.3) is 0 Å². The largest absolute Gasteiger partial charge is 0.416 e. The van der Waals surface area contributed by atoms with Crippen LogP contribution in [0, 0.1) is 17.8 Å². The van der Waals surface area contributed by atoms with Crippen LogP contribution < -0.4 is 5.32 Å². The zero-order valence-electron chi connectivity index (χ0n) is 27.2. The lowest BCUT2D eigenvalue weighted by atomic mass is 9.78. The van der Waals surface area contributed by atoms with Crippen LogP contribution in [0.1, 0.15) is 61.6 Å². The van der Waals surface area contributed by atoms with E-state index in [0.717, 1.165) is 56.1 Å². The summed E-state index contributed by atoms with van der Waals surface area (Å²) in [5.74, 6) is -0.131. The van der Waals surface area contributed by atoms with Crippen molar-refractivity contribution in [1.29, 1.82) is 0 Å². The molecular formula is C36H46F3N5O3. The Kier molecular flexibility index (Phi) is 10.1. The molecule has 3 fully saturated rings. The van der Waals surface area contributed by atoms with E-state index in [9.17, 15) is 27.6 Å². The van der Waals surface area contributed by atoms with E-state index in [0.29, 0.717) is 57.4 Å². The SMILES string of the molecule is CN1CCC(C2CCN(C(=O)C(CC(=O)N3CCC(N4Cc5ccccc5NC4=O)CC3)Cc3ccccc3C(F)(F)F)CC2)CC1. The number of piperidine rings is 3. The molecule has 1 atom stereocenters. The Morgan fingerprint density at radius 2 is 1.43 bits per heavy atom. The van der Waals surface area contributed by atoms with E-state index >= 15 is 0 Å². The molecule has 0 spiro atoms. The van der Waals surface area contributed by atoms with Gasteiger partial charge in [0.1, 0.15) is 0 Å². The fourth-order valence-corrected chi connectivity index (χ4v) is 8.12. The fourth-order valence-electron chi connectivity index (χ4n) is 8.12. The minimum absolute atomic E-state index is 0.0330. The first-order valence-corrected chi connectivity index (χ1v) is 17.1. The molecule has 4 heterocycles. The van der Waals surface area contributed by atoms with Gasteiger partial charge in [-0.2, -0.15) is 13.2 Å². The summed E-state index contributed by atoms with van der Waals surface area (Å²) in [5, 5.41) is 2.95. The molecule has 47 heavy (non-hydrogen) atoms. The number of carbonyl (C=O) groups excluding carboxylic acids is 3. The molecule has 3 saturated heterocycles. The van der Waals surface area contributed by atoms with Gasteiger partial charge in [-0.1, -0.05) is 36.4 Å². The zero-order valence-corrected chi connectivity index (χ0v) is 27.2. The first kappa shape index (κ1) is 33.3. The maximum absolute atomic E-state index is 14.0. The molecule has 8 nitrogen and oxygen atoms in total. The summed E-state index contributed by atoms with van der Waals surface area (Å²) in [7, 11) is 2.14. The van der Waals surface area contributed by atoms with Gasteiger partial charge in [0.2, 0.25) is 11.8 Å². The summed E-state index contributed by atoms with van der Waals surface area (Å²) in [5.41, 5.74) is 1.15. The Balaban J connectivity index is 1.11. The van der Waals surface area contributed by atoms with Crippen molar-refractivity contribution in [3.63, 3.8) is 0 Å². The third-order valence-corrected chi connectivity index (χ3v) is 11.0. The molecule has 0 radical (unpaired) electrons. The second-order valence-corrected chi connectivity index (χ2v) is 13.9. The highest BCUT2D eigenvalue weighted by molar-refractivity contribution is 5.92. The van der Waals surface area contributed by atoms with Gasteiger partial charge >= 0.3 is 12.2 Å². The number of rotatable bonds is 7. The monoisotopic (exact) mass is 653 g/mol. The van der Waals surface area contributed by atoms with Gasteiger partial charge in [0.05, 0.1) is 11.5 Å². The molecule has 0 aromatic heterocycles. The Bertz CT molecular complexity index is 1430. The maximum atomic E-state index is 14.0. The highest BCUT2D eigenvalue weighted by atomic mass is 19.4. The van der Waals surface area contributed by atoms with Crippen LogP contribution >= 0.6 is 0 Å². The number of fused-ring (bicyclic) bond motifs is 1. The summed E-state index contributed by atoms with van der Waals surface area (Å²) in [6.45, 7) is 4.69. The number of hydrogen-bond donors (Lipinski definition) is 1. The molecule has 4 aliphatic rings. The maximum Gasteiger partial charge on any atom is 0.416 e. The van der Waals surface area contributed by atoms with Crippen molar-refractivity contribution in [3.8, 4) is 0 Å². The topological polar surface area (TPSA) is 76.2 Å². The first-order chi connectivity index (χ1) is 22.6. The number of urea groups is 1. The predicted molar refractivity (Wildman–Crippen MR) is 173 cm³/mol. The highest BCUT2D eigenvalue weighted by Gasteiger charge is 2.38. The third kappa shape index (κ3) is 7.77. The van der Waals surface area contributed by atoms with Gasteiger partial charge in [-0.15, -0.1) is 0 Å². The van der Waals surface area contributed by atoms with Crippen LogP contribution in [0.3, 0.4) is 0 Å². The van der Waals surface area contributed by atoms with Crippen molar-refractivity contribution in [1.82, 2.24) is 19.6 Å². The van der Waals surface area contributed by atoms with Crippen LogP contribution in [0.5, 0.6) is 0 Å². The number of amides is 4. The highest BCUT2D eigenvalue weighted by Crippen LogP contribution is 2.36. The molecule has 254 valence electrons. The van der Waals surface area contributed by atoms with Crippen molar-refractivity contribution in [2.24, 2.45) is 17.8 Å². The Labute approximate surface area is 275 Å². The lowest BCUT2D eigenvalue weighted by Crippen LogP contribution is -2.51. The van der Waals surface area contributed by atoms with Crippen LogP contribution in [0.25, 0.3) is 0 Å². The van der Waals surface area contributed by atoms with E-state index in [-0.39, 0.29) is 42.3 Å². The number of para-hydroxylation sites is 1. The number of anilines is 1. The van der Waals surface area contributed by atoms with E-state index in [2.05, 4.69) is 17.3 Å². The quantitative estimate of drug-likeness (QED) is 0.406. The molecular weight excluding hydrogens is 607 g/mol. The number of benzene rings is 2. The van der Waals surface area contributed by atoms with Crippen LogP contribution in [-0.4, -0.2) is 89.8 Å². The van der Waals surface area contributed by atoms with E-state index in [1.54, 1.807) is 15.9 Å². The van der Waals surface area contributed by atoms with Crippen molar-refractivity contribution in [3.05, 3.63) is 65.2 Å². The van der Waals surface area contributed by atoms with Gasteiger partial charge in [0.15, 0.2) is 0 Å². The minimum atomic E-state index is -4.55. The summed E-state index contributed by atoms with van der Waals surface area (Å²) < 4.78 is 41.8. The minimum Gasteiger partial charge on any atom is -0.343 e.